The van der Waals surface area contributed by atoms with E-state index in [1.807, 2.05) is 14.0 Å². The summed E-state index contributed by atoms with van der Waals surface area (Å²) in [4.78, 5) is 2.38. The molecular weight excluding hydrogens is 316 g/mol. The molecule has 1 aromatic carbocycles. The van der Waals surface area contributed by atoms with Crippen LogP contribution >= 0.6 is 15.9 Å². The zero-order chi connectivity index (χ0) is 14.8. The van der Waals surface area contributed by atoms with Crippen LogP contribution < -0.4 is 10.2 Å². The predicted octanol–water partition coefficient (Wildman–Crippen LogP) is 3.47. The van der Waals surface area contributed by atoms with E-state index in [1.54, 1.807) is 0 Å². The van der Waals surface area contributed by atoms with Gasteiger partial charge in [-0.05, 0) is 57.9 Å². The molecule has 0 aliphatic carbocycles. The fourth-order valence-corrected chi connectivity index (χ4v) is 3.45. The van der Waals surface area contributed by atoms with Gasteiger partial charge in [0.25, 0.3) is 0 Å². The third-order valence-corrected chi connectivity index (χ3v) is 5.00. The topological polar surface area (TPSA) is 35.5 Å². The van der Waals surface area contributed by atoms with Crippen molar-refractivity contribution in [3.63, 3.8) is 0 Å². The average Bonchev–Trinajstić information content (AvgIpc) is 2.59. The first-order chi connectivity index (χ1) is 9.43. The van der Waals surface area contributed by atoms with E-state index in [0.29, 0.717) is 6.04 Å². The SMILES string of the molecule is CNC(C)c1ccc(N2CCCC(C)(O)CC2)cc1Br. The van der Waals surface area contributed by atoms with E-state index in [0.717, 1.165) is 36.8 Å². The maximum absolute atomic E-state index is 10.2. The maximum Gasteiger partial charge on any atom is 0.0637 e. The predicted molar refractivity (Wildman–Crippen MR) is 88.3 cm³/mol. The minimum atomic E-state index is -0.507. The van der Waals surface area contributed by atoms with Crippen molar-refractivity contribution in [2.24, 2.45) is 0 Å². The highest BCUT2D eigenvalue weighted by Crippen LogP contribution is 2.30. The Morgan fingerprint density at radius 3 is 2.75 bits per heavy atom. The molecule has 1 heterocycles. The van der Waals surface area contributed by atoms with Crippen LogP contribution in [-0.2, 0) is 0 Å². The molecule has 20 heavy (non-hydrogen) atoms. The summed E-state index contributed by atoms with van der Waals surface area (Å²) >= 11 is 3.68. The summed E-state index contributed by atoms with van der Waals surface area (Å²) in [5, 5.41) is 13.4. The van der Waals surface area contributed by atoms with Crippen LogP contribution in [0, 0.1) is 0 Å². The molecule has 2 rings (SSSR count). The van der Waals surface area contributed by atoms with E-state index in [1.165, 1.54) is 11.3 Å². The van der Waals surface area contributed by atoms with Gasteiger partial charge in [-0.25, -0.2) is 0 Å². The molecule has 1 saturated heterocycles. The van der Waals surface area contributed by atoms with Crippen LogP contribution in [0.25, 0.3) is 0 Å². The highest BCUT2D eigenvalue weighted by atomic mass is 79.9. The molecule has 0 radical (unpaired) electrons. The first kappa shape index (κ1) is 15.8. The smallest absolute Gasteiger partial charge is 0.0637 e. The molecule has 2 N–H and O–H groups in total. The number of nitrogens with one attached hydrogen (secondary N) is 1. The summed E-state index contributed by atoms with van der Waals surface area (Å²) in [6.45, 7) is 6.04. The van der Waals surface area contributed by atoms with Crippen LogP contribution in [0.2, 0.25) is 0 Å². The zero-order valence-corrected chi connectivity index (χ0v) is 14.2. The van der Waals surface area contributed by atoms with E-state index in [4.69, 9.17) is 0 Å². The molecule has 3 nitrogen and oxygen atoms in total. The van der Waals surface area contributed by atoms with E-state index in [2.05, 4.69) is 51.3 Å². The van der Waals surface area contributed by atoms with Gasteiger partial charge >= 0.3 is 0 Å². The Morgan fingerprint density at radius 2 is 2.10 bits per heavy atom. The number of anilines is 1. The van der Waals surface area contributed by atoms with Gasteiger partial charge in [0.1, 0.15) is 0 Å². The van der Waals surface area contributed by atoms with E-state index >= 15 is 0 Å². The summed E-state index contributed by atoms with van der Waals surface area (Å²) in [6.07, 6.45) is 2.76. The summed E-state index contributed by atoms with van der Waals surface area (Å²) < 4.78 is 1.15. The number of aliphatic hydroxyl groups is 1. The van der Waals surface area contributed by atoms with Crippen molar-refractivity contribution in [1.29, 1.82) is 0 Å². The van der Waals surface area contributed by atoms with Gasteiger partial charge in [-0.1, -0.05) is 22.0 Å². The second-order valence-corrected chi connectivity index (χ2v) is 6.91. The van der Waals surface area contributed by atoms with Crippen molar-refractivity contribution in [1.82, 2.24) is 5.32 Å². The van der Waals surface area contributed by atoms with Gasteiger partial charge in [0.15, 0.2) is 0 Å². The molecule has 0 saturated carbocycles. The minimum Gasteiger partial charge on any atom is -0.390 e. The molecule has 4 heteroatoms. The largest absolute Gasteiger partial charge is 0.390 e. The lowest BCUT2D eigenvalue weighted by Crippen LogP contribution is -2.28. The van der Waals surface area contributed by atoms with Crippen molar-refractivity contribution in [2.45, 2.75) is 44.8 Å². The van der Waals surface area contributed by atoms with E-state index in [-0.39, 0.29) is 0 Å². The molecule has 1 fully saturated rings. The van der Waals surface area contributed by atoms with Crippen molar-refractivity contribution in [3.8, 4) is 0 Å². The van der Waals surface area contributed by atoms with Crippen molar-refractivity contribution in [3.05, 3.63) is 28.2 Å². The highest BCUT2D eigenvalue weighted by molar-refractivity contribution is 9.10. The first-order valence-corrected chi connectivity index (χ1v) is 8.16. The van der Waals surface area contributed by atoms with Crippen LogP contribution in [-0.4, -0.2) is 30.8 Å². The Balaban J connectivity index is 2.15. The summed E-state index contributed by atoms with van der Waals surface area (Å²) in [5.74, 6) is 0. The third-order valence-electron chi connectivity index (χ3n) is 4.31. The summed E-state index contributed by atoms with van der Waals surface area (Å²) in [7, 11) is 1.97. The van der Waals surface area contributed by atoms with Gasteiger partial charge in [0, 0.05) is 29.3 Å². The maximum atomic E-state index is 10.2. The molecule has 2 atom stereocenters. The fraction of sp³-hybridized carbons (Fsp3) is 0.625. The first-order valence-electron chi connectivity index (χ1n) is 7.37. The quantitative estimate of drug-likeness (QED) is 0.884. The van der Waals surface area contributed by atoms with Crippen LogP contribution in [0.15, 0.2) is 22.7 Å². The normalized spacial score (nSPS) is 25.4. The van der Waals surface area contributed by atoms with Gasteiger partial charge in [0.05, 0.1) is 5.60 Å². The van der Waals surface area contributed by atoms with Gasteiger partial charge < -0.3 is 15.3 Å². The zero-order valence-electron chi connectivity index (χ0n) is 12.6. The fourth-order valence-electron chi connectivity index (χ4n) is 2.74. The lowest BCUT2D eigenvalue weighted by atomic mass is 9.98. The Hall–Kier alpha value is -0.580. The third kappa shape index (κ3) is 3.74. The lowest BCUT2D eigenvalue weighted by molar-refractivity contribution is 0.0481. The van der Waals surface area contributed by atoms with Gasteiger partial charge in [-0.2, -0.15) is 0 Å². The molecule has 1 aliphatic rings. The second-order valence-electron chi connectivity index (χ2n) is 6.05. The number of hydrogen-bond acceptors (Lipinski definition) is 3. The average molecular weight is 341 g/mol. The molecule has 1 aromatic rings. The van der Waals surface area contributed by atoms with E-state index in [9.17, 15) is 5.11 Å². The standard InChI is InChI=1S/C16H25BrN2O/c1-12(18-3)14-6-5-13(11-15(14)17)19-9-4-7-16(2,20)8-10-19/h5-6,11-12,18,20H,4,7-10H2,1-3H3. The molecule has 0 amide bonds. The van der Waals surface area contributed by atoms with Crippen LogP contribution in [0.5, 0.6) is 0 Å². The molecule has 0 bridgehead atoms. The minimum absolute atomic E-state index is 0.336. The Labute approximate surface area is 130 Å². The Morgan fingerprint density at radius 1 is 1.35 bits per heavy atom. The molecule has 2 unspecified atom stereocenters. The van der Waals surface area contributed by atoms with Crippen LogP contribution in [0.4, 0.5) is 5.69 Å². The summed E-state index contributed by atoms with van der Waals surface area (Å²) in [5.41, 5.74) is 2.01. The van der Waals surface area contributed by atoms with Gasteiger partial charge in [-0.3, -0.25) is 0 Å². The number of halogens is 1. The summed E-state index contributed by atoms with van der Waals surface area (Å²) in [6, 6.07) is 6.91. The Kier molecular flexibility index (Phi) is 5.10. The molecule has 0 aromatic heterocycles. The number of rotatable bonds is 3. The number of hydrogen-bond donors (Lipinski definition) is 2. The van der Waals surface area contributed by atoms with Crippen LogP contribution in [0.3, 0.4) is 0 Å². The molecule has 112 valence electrons. The molecule has 1 aliphatic heterocycles. The number of benzene rings is 1. The lowest BCUT2D eigenvalue weighted by Gasteiger charge is -2.25. The number of nitrogens with zero attached hydrogens (tertiary/aromatic N) is 1. The van der Waals surface area contributed by atoms with Crippen molar-refractivity contribution >= 4 is 21.6 Å². The Bertz CT molecular complexity index is 462. The highest BCUT2D eigenvalue weighted by Gasteiger charge is 2.25. The van der Waals surface area contributed by atoms with Crippen molar-refractivity contribution < 1.29 is 5.11 Å². The van der Waals surface area contributed by atoms with E-state index < -0.39 is 5.60 Å². The monoisotopic (exact) mass is 340 g/mol. The van der Waals surface area contributed by atoms with Crippen LogP contribution in [0.1, 0.15) is 44.7 Å². The van der Waals surface area contributed by atoms with Gasteiger partial charge in [-0.15, -0.1) is 0 Å². The van der Waals surface area contributed by atoms with Gasteiger partial charge in [0.2, 0.25) is 0 Å². The molecule has 0 spiro atoms. The van der Waals surface area contributed by atoms with Crippen molar-refractivity contribution in [2.75, 3.05) is 25.0 Å². The molecular formula is C16H25BrN2O. The second kappa shape index (κ2) is 6.46.